The molecule has 0 aliphatic heterocycles. The van der Waals surface area contributed by atoms with Gasteiger partial charge in [-0.1, -0.05) is 44.2 Å². The van der Waals surface area contributed by atoms with Gasteiger partial charge in [0.25, 0.3) is 0 Å². The van der Waals surface area contributed by atoms with Crippen LogP contribution in [-0.4, -0.2) is 24.5 Å². The molecule has 1 aromatic carbocycles. The fourth-order valence-electron chi connectivity index (χ4n) is 1.76. The van der Waals surface area contributed by atoms with Crippen molar-refractivity contribution < 1.29 is 0 Å². The second kappa shape index (κ2) is 7.25. The van der Waals surface area contributed by atoms with Crippen molar-refractivity contribution in [1.29, 1.82) is 0 Å². The number of hydrogen-bond donors (Lipinski definition) is 1. The molecule has 0 bridgehead atoms. The van der Waals surface area contributed by atoms with Gasteiger partial charge >= 0.3 is 0 Å². The molecular formula is C15H24N2. The molecule has 0 amide bonds. The predicted molar refractivity (Wildman–Crippen MR) is 74.9 cm³/mol. The first-order chi connectivity index (χ1) is 8.11. The normalized spacial score (nSPS) is 11.1. The zero-order chi connectivity index (χ0) is 12.7. The Labute approximate surface area is 105 Å². The van der Waals surface area contributed by atoms with Crippen LogP contribution in [-0.2, 0) is 13.1 Å². The fraction of sp³-hybridized carbons (Fsp3) is 0.467. The third-order valence-electron chi connectivity index (χ3n) is 2.60. The maximum Gasteiger partial charge on any atom is 0.0234 e. The van der Waals surface area contributed by atoms with Gasteiger partial charge in [0, 0.05) is 25.7 Å². The van der Waals surface area contributed by atoms with Gasteiger partial charge in [0.1, 0.15) is 0 Å². The Morgan fingerprint density at radius 2 is 2.06 bits per heavy atom. The summed E-state index contributed by atoms with van der Waals surface area (Å²) >= 11 is 0. The maximum atomic E-state index is 3.76. The lowest BCUT2D eigenvalue weighted by Crippen LogP contribution is -2.22. The monoisotopic (exact) mass is 232 g/mol. The van der Waals surface area contributed by atoms with Crippen molar-refractivity contribution >= 4 is 0 Å². The molecule has 1 aromatic rings. The standard InChI is InChI=1S/C15H24N2/c1-5-9-17(4)12-15-8-6-7-14(10-15)11-16-13(2)3/h5-8,10,13,16H,1,9,11-12H2,2-4H3. The summed E-state index contributed by atoms with van der Waals surface area (Å²) in [6.45, 7) is 10.9. The first-order valence-electron chi connectivity index (χ1n) is 6.22. The summed E-state index contributed by atoms with van der Waals surface area (Å²) in [6.07, 6.45) is 1.93. The van der Waals surface area contributed by atoms with Gasteiger partial charge in [-0.25, -0.2) is 0 Å². The molecule has 17 heavy (non-hydrogen) atoms. The first kappa shape index (κ1) is 13.9. The number of nitrogens with one attached hydrogen (secondary N) is 1. The topological polar surface area (TPSA) is 15.3 Å². The van der Waals surface area contributed by atoms with Gasteiger partial charge in [0.05, 0.1) is 0 Å². The third-order valence-corrected chi connectivity index (χ3v) is 2.60. The van der Waals surface area contributed by atoms with Gasteiger partial charge in [0.2, 0.25) is 0 Å². The molecule has 0 spiro atoms. The lowest BCUT2D eigenvalue weighted by molar-refractivity contribution is 0.363. The average molecular weight is 232 g/mol. The molecule has 0 atom stereocenters. The molecule has 0 saturated carbocycles. The Hall–Kier alpha value is -1.12. The van der Waals surface area contributed by atoms with E-state index in [1.54, 1.807) is 0 Å². The maximum absolute atomic E-state index is 3.76. The van der Waals surface area contributed by atoms with E-state index >= 15 is 0 Å². The van der Waals surface area contributed by atoms with Crippen LogP contribution in [0, 0.1) is 0 Å². The van der Waals surface area contributed by atoms with Crippen molar-refractivity contribution in [2.75, 3.05) is 13.6 Å². The molecule has 0 unspecified atom stereocenters. The van der Waals surface area contributed by atoms with Crippen LogP contribution < -0.4 is 5.32 Å². The van der Waals surface area contributed by atoms with Crippen LogP contribution in [0.5, 0.6) is 0 Å². The molecule has 1 rings (SSSR count). The van der Waals surface area contributed by atoms with Crippen LogP contribution in [0.25, 0.3) is 0 Å². The summed E-state index contributed by atoms with van der Waals surface area (Å²) in [7, 11) is 2.11. The van der Waals surface area contributed by atoms with E-state index < -0.39 is 0 Å². The first-order valence-corrected chi connectivity index (χ1v) is 6.22. The highest BCUT2D eigenvalue weighted by Crippen LogP contribution is 2.07. The van der Waals surface area contributed by atoms with Crippen LogP contribution in [0.2, 0.25) is 0 Å². The number of likely N-dealkylation sites (N-methyl/N-ethyl adjacent to an activating group) is 1. The molecule has 0 saturated heterocycles. The molecule has 0 radical (unpaired) electrons. The van der Waals surface area contributed by atoms with Crippen LogP contribution in [0.3, 0.4) is 0 Å². The number of rotatable bonds is 7. The Morgan fingerprint density at radius 3 is 2.71 bits per heavy atom. The predicted octanol–water partition coefficient (Wildman–Crippen LogP) is 2.80. The number of nitrogens with zero attached hydrogens (tertiary/aromatic N) is 1. The van der Waals surface area contributed by atoms with E-state index in [4.69, 9.17) is 0 Å². The Kier molecular flexibility index (Phi) is 5.95. The van der Waals surface area contributed by atoms with E-state index in [-0.39, 0.29) is 0 Å². The summed E-state index contributed by atoms with van der Waals surface area (Å²) in [5.41, 5.74) is 2.71. The average Bonchev–Trinajstić information content (AvgIpc) is 2.27. The van der Waals surface area contributed by atoms with Gasteiger partial charge in [-0.05, 0) is 18.2 Å². The van der Waals surface area contributed by atoms with Crippen LogP contribution in [0.1, 0.15) is 25.0 Å². The summed E-state index contributed by atoms with van der Waals surface area (Å²) in [5, 5.41) is 3.44. The lowest BCUT2D eigenvalue weighted by Gasteiger charge is -2.15. The van der Waals surface area contributed by atoms with Gasteiger partial charge in [0.15, 0.2) is 0 Å². The van der Waals surface area contributed by atoms with Crippen molar-refractivity contribution in [2.24, 2.45) is 0 Å². The third kappa shape index (κ3) is 5.66. The quantitative estimate of drug-likeness (QED) is 0.727. The highest BCUT2D eigenvalue weighted by Gasteiger charge is 2.00. The zero-order valence-corrected chi connectivity index (χ0v) is 11.2. The van der Waals surface area contributed by atoms with Crippen molar-refractivity contribution in [3.8, 4) is 0 Å². The molecule has 2 nitrogen and oxygen atoms in total. The van der Waals surface area contributed by atoms with Gasteiger partial charge in [-0.3, -0.25) is 4.90 Å². The lowest BCUT2D eigenvalue weighted by atomic mass is 10.1. The van der Waals surface area contributed by atoms with Crippen molar-refractivity contribution in [3.05, 3.63) is 48.0 Å². The van der Waals surface area contributed by atoms with Crippen molar-refractivity contribution in [3.63, 3.8) is 0 Å². The summed E-state index contributed by atoms with van der Waals surface area (Å²) < 4.78 is 0. The van der Waals surface area contributed by atoms with E-state index in [9.17, 15) is 0 Å². The highest BCUT2D eigenvalue weighted by atomic mass is 15.1. The summed E-state index contributed by atoms with van der Waals surface area (Å²) in [5.74, 6) is 0. The molecule has 0 fully saturated rings. The van der Waals surface area contributed by atoms with Crippen molar-refractivity contribution in [2.45, 2.75) is 33.0 Å². The smallest absolute Gasteiger partial charge is 0.0234 e. The van der Waals surface area contributed by atoms with Crippen LogP contribution in [0.15, 0.2) is 36.9 Å². The minimum atomic E-state index is 0.530. The van der Waals surface area contributed by atoms with E-state index in [1.165, 1.54) is 11.1 Å². The Bertz CT molecular complexity index is 345. The largest absolute Gasteiger partial charge is 0.310 e. The summed E-state index contributed by atoms with van der Waals surface area (Å²) in [4.78, 5) is 2.25. The SMILES string of the molecule is C=CCN(C)Cc1cccc(CNC(C)C)c1. The Morgan fingerprint density at radius 1 is 1.35 bits per heavy atom. The van der Waals surface area contributed by atoms with E-state index in [0.29, 0.717) is 6.04 Å². The van der Waals surface area contributed by atoms with E-state index in [1.807, 2.05) is 6.08 Å². The molecule has 2 heteroatoms. The van der Waals surface area contributed by atoms with Gasteiger partial charge < -0.3 is 5.32 Å². The molecule has 0 heterocycles. The minimum Gasteiger partial charge on any atom is -0.310 e. The van der Waals surface area contributed by atoms with Gasteiger partial charge in [-0.15, -0.1) is 6.58 Å². The molecule has 0 aromatic heterocycles. The molecule has 0 aliphatic carbocycles. The van der Waals surface area contributed by atoms with Crippen LogP contribution >= 0.6 is 0 Å². The van der Waals surface area contributed by atoms with E-state index in [2.05, 4.69) is 62.0 Å². The molecule has 94 valence electrons. The minimum absolute atomic E-state index is 0.530. The fourth-order valence-corrected chi connectivity index (χ4v) is 1.76. The summed E-state index contributed by atoms with van der Waals surface area (Å²) in [6, 6.07) is 9.29. The second-order valence-corrected chi connectivity index (χ2v) is 4.84. The molecule has 0 aliphatic rings. The van der Waals surface area contributed by atoms with Gasteiger partial charge in [-0.2, -0.15) is 0 Å². The molecule has 1 N–H and O–H groups in total. The highest BCUT2D eigenvalue weighted by molar-refractivity contribution is 5.23. The number of benzene rings is 1. The van der Waals surface area contributed by atoms with E-state index in [0.717, 1.165) is 19.6 Å². The van der Waals surface area contributed by atoms with Crippen LogP contribution in [0.4, 0.5) is 0 Å². The molecular weight excluding hydrogens is 208 g/mol. The zero-order valence-electron chi connectivity index (χ0n) is 11.2. The number of hydrogen-bond acceptors (Lipinski definition) is 2. The van der Waals surface area contributed by atoms with Crippen molar-refractivity contribution in [1.82, 2.24) is 10.2 Å². The second-order valence-electron chi connectivity index (χ2n) is 4.84. The Balaban J connectivity index is 2.56.